The van der Waals surface area contributed by atoms with Gasteiger partial charge in [0.05, 0.1) is 29.0 Å². The lowest BCUT2D eigenvalue weighted by atomic mass is 10.2. The Bertz CT molecular complexity index is 1020. The summed E-state index contributed by atoms with van der Waals surface area (Å²) in [6, 6.07) is 8.12. The Balaban J connectivity index is 1.44. The van der Waals surface area contributed by atoms with Gasteiger partial charge in [-0.25, -0.2) is 4.79 Å². The number of ether oxygens (including phenoxy) is 1. The van der Waals surface area contributed by atoms with E-state index in [0.717, 1.165) is 41.6 Å². The summed E-state index contributed by atoms with van der Waals surface area (Å²) in [5.41, 5.74) is 0.901. The van der Waals surface area contributed by atoms with Crippen molar-refractivity contribution >= 4 is 47.0 Å². The molecule has 1 saturated carbocycles. The third kappa shape index (κ3) is 5.15. The number of esters is 1. The molecule has 2 heterocycles. The van der Waals surface area contributed by atoms with Crippen LogP contribution in [0.15, 0.2) is 40.5 Å². The fourth-order valence-electron chi connectivity index (χ4n) is 4.01. The summed E-state index contributed by atoms with van der Waals surface area (Å²) in [6.07, 6.45) is 6.80. The zero-order valence-corrected chi connectivity index (χ0v) is 20.2. The SMILES string of the molecule is COC(=O)C=C1SCC(=O)N1CCCSc1nnc(-c2ccccc2Cl)n1C1CCCC1. The largest absolute Gasteiger partial charge is 0.466 e. The summed E-state index contributed by atoms with van der Waals surface area (Å²) in [6.45, 7) is 0.552. The maximum Gasteiger partial charge on any atom is 0.333 e. The van der Waals surface area contributed by atoms with Gasteiger partial charge in [0.1, 0.15) is 0 Å². The van der Waals surface area contributed by atoms with Gasteiger partial charge in [-0.15, -0.1) is 10.2 Å². The molecule has 1 aliphatic heterocycles. The van der Waals surface area contributed by atoms with Gasteiger partial charge in [-0.05, 0) is 31.4 Å². The molecule has 2 fully saturated rings. The van der Waals surface area contributed by atoms with Gasteiger partial charge < -0.3 is 9.64 Å². The van der Waals surface area contributed by atoms with Crippen molar-refractivity contribution in [3.05, 3.63) is 40.4 Å². The number of thioether (sulfide) groups is 2. The number of carbonyl (C=O) groups excluding carboxylic acids is 2. The van der Waals surface area contributed by atoms with Crippen LogP contribution in [0.2, 0.25) is 5.02 Å². The monoisotopic (exact) mass is 492 g/mol. The van der Waals surface area contributed by atoms with E-state index < -0.39 is 5.97 Å². The Hall–Kier alpha value is -1.97. The summed E-state index contributed by atoms with van der Waals surface area (Å²) in [4.78, 5) is 25.4. The molecule has 2 aromatic rings. The van der Waals surface area contributed by atoms with Crippen LogP contribution in [0.3, 0.4) is 0 Å². The average molecular weight is 493 g/mol. The molecule has 10 heteroatoms. The van der Waals surface area contributed by atoms with Crippen molar-refractivity contribution in [2.45, 2.75) is 43.3 Å². The summed E-state index contributed by atoms with van der Waals surface area (Å²) in [5.74, 6) is 1.53. The number of carbonyl (C=O) groups is 2. The fraction of sp³-hybridized carbons (Fsp3) is 0.455. The number of hydrogen-bond donors (Lipinski definition) is 0. The van der Waals surface area contributed by atoms with E-state index in [4.69, 9.17) is 16.3 Å². The Morgan fingerprint density at radius 1 is 1.31 bits per heavy atom. The topological polar surface area (TPSA) is 77.3 Å². The molecule has 4 rings (SSSR count). The molecule has 1 amide bonds. The Kier molecular flexibility index (Phi) is 7.80. The lowest BCUT2D eigenvalue weighted by Crippen LogP contribution is -2.26. The number of halogens is 1. The van der Waals surface area contributed by atoms with E-state index in [-0.39, 0.29) is 5.91 Å². The maximum absolute atomic E-state index is 12.2. The standard InChI is InChI=1S/C22H25ClN4O3S2/c1-30-20(29)13-19-26(18(28)14-32-19)11-6-12-31-22-25-24-21(16-9-4-5-10-17(16)23)27(22)15-7-2-3-8-15/h4-5,9-10,13,15H,2-3,6-8,11-12,14H2,1H3. The zero-order chi connectivity index (χ0) is 22.5. The number of aromatic nitrogens is 3. The molecular weight excluding hydrogens is 468 g/mol. The molecular formula is C22H25ClN4O3S2. The van der Waals surface area contributed by atoms with Gasteiger partial charge in [0.2, 0.25) is 5.91 Å². The predicted molar refractivity (Wildman–Crippen MR) is 128 cm³/mol. The molecule has 0 radical (unpaired) electrons. The van der Waals surface area contributed by atoms with Gasteiger partial charge in [0, 0.05) is 23.9 Å². The molecule has 0 N–H and O–H groups in total. The first kappa shape index (κ1) is 23.2. The van der Waals surface area contributed by atoms with Crippen molar-refractivity contribution in [3.8, 4) is 11.4 Å². The molecule has 1 saturated heterocycles. The molecule has 7 nitrogen and oxygen atoms in total. The van der Waals surface area contributed by atoms with Crippen LogP contribution in [0.1, 0.15) is 38.1 Å². The van der Waals surface area contributed by atoms with E-state index in [0.29, 0.717) is 28.4 Å². The molecule has 0 bridgehead atoms. The van der Waals surface area contributed by atoms with Gasteiger partial charge in [-0.3, -0.25) is 9.36 Å². The summed E-state index contributed by atoms with van der Waals surface area (Å²) >= 11 is 9.47. The zero-order valence-electron chi connectivity index (χ0n) is 17.8. The number of benzene rings is 1. The van der Waals surface area contributed by atoms with E-state index >= 15 is 0 Å². The second kappa shape index (κ2) is 10.8. The predicted octanol–water partition coefficient (Wildman–Crippen LogP) is 4.79. The highest BCUT2D eigenvalue weighted by molar-refractivity contribution is 8.04. The highest BCUT2D eigenvalue weighted by atomic mass is 35.5. The molecule has 2 aliphatic rings. The molecule has 1 aromatic carbocycles. The molecule has 32 heavy (non-hydrogen) atoms. The highest BCUT2D eigenvalue weighted by Gasteiger charge is 2.28. The van der Waals surface area contributed by atoms with Crippen LogP contribution in [0.4, 0.5) is 0 Å². The minimum atomic E-state index is -0.446. The molecule has 0 atom stereocenters. The van der Waals surface area contributed by atoms with Crippen LogP contribution in [0.5, 0.6) is 0 Å². The van der Waals surface area contributed by atoms with Gasteiger partial charge in [0.25, 0.3) is 0 Å². The van der Waals surface area contributed by atoms with Crippen LogP contribution in [-0.2, 0) is 14.3 Å². The maximum atomic E-state index is 12.2. The van der Waals surface area contributed by atoms with Crippen LogP contribution in [-0.4, -0.2) is 56.7 Å². The molecule has 1 aromatic heterocycles. The molecule has 0 spiro atoms. The molecule has 0 unspecified atom stereocenters. The van der Waals surface area contributed by atoms with Crippen molar-refractivity contribution < 1.29 is 14.3 Å². The van der Waals surface area contributed by atoms with Crippen LogP contribution >= 0.6 is 35.1 Å². The minimum absolute atomic E-state index is 0.0188. The minimum Gasteiger partial charge on any atom is -0.466 e. The summed E-state index contributed by atoms with van der Waals surface area (Å²) in [5, 5.41) is 11.2. The summed E-state index contributed by atoms with van der Waals surface area (Å²) < 4.78 is 6.94. The van der Waals surface area contributed by atoms with Gasteiger partial charge >= 0.3 is 5.97 Å². The smallest absolute Gasteiger partial charge is 0.333 e. The Morgan fingerprint density at radius 2 is 2.09 bits per heavy atom. The number of methoxy groups -OCH3 is 1. The molecule has 170 valence electrons. The molecule has 1 aliphatic carbocycles. The van der Waals surface area contributed by atoms with Gasteiger partial charge in [0.15, 0.2) is 11.0 Å². The van der Waals surface area contributed by atoms with Crippen molar-refractivity contribution in [1.29, 1.82) is 0 Å². The lowest BCUT2D eigenvalue weighted by Gasteiger charge is -2.18. The van der Waals surface area contributed by atoms with Crippen molar-refractivity contribution in [2.75, 3.05) is 25.2 Å². The van der Waals surface area contributed by atoms with Gasteiger partial charge in [-0.1, -0.05) is 60.1 Å². The van der Waals surface area contributed by atoms with E-state index in [2.05, 4.69) is 14.8 Å². The number of amides is 1. The Morgan fingerprint density at radius 3 is 2.84 bits per heavy atom. The average Bonchev–Trinajstić information content (AvgIpc) is 3.53. The van der Waals surface area contributed by atoms with Crippen LogP contribution in [0.25, 0.3) is 11.4 Å². The van der Waals surface area contributed by atoms with E-state index in [1.807, 2.05) is 24.3 Å². The quantitative estimate of drug-likeness (QED) is 0.227. The first-order valence-corrected chi connectivity index (χ1v) is 13.0. The second-order valence-corrected chi connectivity index (χ2v) is 10.1. The first-order valence-electron chi connectivity index (χ1n) is 10.6. The fourth-order valence-corrected chi connectivity index (χ4v) is 6.11. The number of hydrogen-bond acceptors (Lipinski definition) is 7. The van der Waals surface area contributed by atoms with E-state index in [1.54, 1.807) is 16.7 Å². The van der Waals surface area contributed by atoms with Crippen LogP contribution < -0.4 is 0 Å². The number of nitrogens with zero attached hydrogens (tertiary/aromatic N) is 4. The highest BCUT2D eigenvalue weighted by Crippen LogP contribution is 2.38. The second-order valence-electron chi connectivity index (χ2n) is 7.64. The lowest BCUT2D eigenvalue weighted by molar-refractivity contribution is -0.134. The van der Waals surface area contributed by atoms with E-state index in [9.17, 15) is 9.59 Å². The Labute approximate surface area is 200 Å². The van der Waals surface area contributed by atoms with E-state index in [1.165, 1.54) is 37.8 Å². The van der Waals surface area contributed by atoms with Crippen molar-refractivity contribution in [2.24, 2.45) is 0 Å². The summed E-state index contributed by atoms with van der Waals surface area (Å²) in [7, 11) is 1.33. The van der Waals surface area contributed by atoms with Crippen LogP contribution in [0, 0.1) is 0 Å². The normalized spacial score (nSPS) is 18.1. The van der Waals surface area contributed by atoms with Crippen molar-refractivity contribution in [3.63, 3.8) is 0 Å². The third-order valence-electron chi connectivity index (χ3n) is 5.58. The van der Waals surface area contributed by atoms with Crippen molar-refractivity contribution in [1.82, 2.24) is 19.7 Å². The third-order valence-corrected chi connectivity index (χ3v) is 7.96. The number of rotatable bonds is 8. The first-order chi connectivity index (χ1) is 15.6. The van der Waals surface area contributed by atoms with Gasteiger partial charge in [-0.2, -0.15) is 0 Å².